The minimum absolute atomic E-state index is 0.358. The van der Waals surface area contributed by atoms with Crippen molar-refractivity contribution in [2.24, 2.45) is 0 Å². The van der Waals surface area contributed by atoms with E-state index in [0.29, 0.717) is 39.1 Å². The second-order valence-corrected chi connectivity index (χ2v) is 13.3. The molecule has 0 saturated heterocycles. The van der Waals surface area contributed by atoms with E-state index in [1.54, 1.807) is 24.3 Å². The van der Waals surface area contributed by atoms with Gasteiger partial charge >= 0.3 is 11.9 Å². The van der Waals surface area contributed by atoms with E-state index in [1.807, 2.05) is 12.1 Å². The lowest BCUT2D eigenvalue weighted by molar-refractivity contribution is 0.0591. The molecule has 0 amide bonds. The maximum absolute atomic E-state index is 11.5. The first-order valence-electron chi connectivity index (χ1n) is 10.8. The highest BCUT2D eigenvalue weighted by molar-refractivity contribution is 6.83. The van der Waals surface area contributed by atoms with Crippen molar-refractivity contribution in [2.45, 2.75) is 19.6 Å². The molecule has 4 aromatic rings. The molecule has 4 aromatic heterocycles. The summed E-state index contributed by atoms with van der Waals surface area (Å²) in [6, 6.07) is 10.5. The molecule has 0 fully saturated rings. The highest BCUT2D eigenvalue weighted by atomic mass is 28.3. The molecule has 8 nitrogen and oxygen atoms in total. The van der Waals surface area contributed by atoms with Crippen molar-refractivity contribution in [3.05, 3.63) is 71.3 Å². The van der Waals surface area contributed by atoms with Crippen LogP contribution in [-0.2, 0) is 9.47 Å². The van der Waals surface area contributed by atoms with Gasteiger partial charge < -0.3 is 9.47 Å². The molecular formula is C27H24N4O4Si. The van der Waals surface area contributed by atoms with Crippen LogP contribution in [0.15, 0.2) is 48.8 Å². The van der Waals surface area contributed by atoms with Gasteiger partial charge in [0.05, 0.1) is 47.4 Å². The fourth-order valence-electron chi connectivity index (χ4n) is 2.87. The van der Waals surface area contributed by atoms with Crippen molar-refractivity contribution in [1.82, 2.24) is 19.9 Å². The van der Waals surface area contributed by atoms with E-state index in [2.05, 4.69) is 66.4 Å². The Bertz CT molecular complexity index is 1560. The molecular weight excluding hydrogens is 472 g/mol. The molecule has 0 aliphatic carbocycles. The van der Waals surface area contributed by atoms with Crippen molar-refractivity contribution in [1.29, 1.82) is 0 Å². The Kier molecular flexibility index (Phi) is 8.10. The lowest BCUT2D eigenvalue weighted by Gasteiger charge is -2.04. The molecule has 0 saturated carbocycles. The van der Waals surface area contributed by atoms with Crippen molar-refractivity contribution in [3.8, 4) is 23.8 Å². The summed E-state index contributed by atoms with van der Waals surface area (Å²) < 4.78 is 9.27. The van der Waals surface area contributed by atoms with E-state index < -0.39 is 20.0 Å². The van der Waals surface area contributed by atoms with Gasteiger partial charge in [0.15, 0.2) is 0 Å². The zero-order valence-corrected chi connectivity index (χ0v) is 21.6. The molecule has 0 aliphatic heterocycles. The highest BCUT2D eigenvalue weighted by Crippen LogP contribution is 2.13. The standard InChI is InChI=1S/C15H16N2O2Si.C12H8N2O2/c1-19-15(18)11-9-14-13(16-10-11)6-5-12(17-14)7-8-20(2,3)4;1-3-9-4-5-10-11(14-9)6-8(7-13-10)12(15)16-2/h5-6,9-10H,1-4H3;1,4-7H,2H3. The summed E-state index contributed by atoms with van der Waals surface area (Å²) >= 11 is 0. The van der Waals surface area contributed by atoms with Gasteiger partial charge in [-0.05, 0) is 36.4 Å². The van der Waals surface area contributed by atoms with Gasteiger partial charge in [-0.3, -0.25) is 9.97 Å². The van der Waals surface area contributed by atoms with Gasteiger partial charge in [0.2, 0.25) is 0 Å². The number of ether oxygens (including phenoxy) is 2. The van der Waals surface area contributed by atoms with E-state index in [0.717, 1.165) is 5.52 Å². The summed E-state index contributed by atoms with van der Waals surface area (Å²) in [4.78, 5) is 39.7. The summed E-state index contributed by atoms with van der Waals surface area (Å²) in [6.07, 6.45) is 8.18. The van der Waals surface area contributed by atoms with Crippen molar-refractivity contribution < 1.29 is 19.1 Å². The Labute approximate surface area is 210 Å². The number of methoxy groups -OCH3 is 2. The summed E-state index contributed by atoms with van der Waals surface area (Å²) in [5.74, 6) is 4.66. The third kappa shape index (κ3) is 6.72. The van der Waals surface area contributed by atoms with E-state index in [-0.39, 0.29) is 0 Å². The smallest absolute Gasteiger partial charge is 0.339 e. The molecule has 0 aromatic carbocycles. The number of hydrogen-bond acceptors (Lipinski definition) is 8. The van der Waals surface area contributed by atoms with E-state index in [1.165, 1.54) is 26.6 Å². The summed E-state index contributed by atoms with van der Waals surface area (Å²) in [5.41, 5.74) is 7.87. The molecule has 0 N–H and O–H groups in total. The van der Waals surface area contributed by atoms with Gasteiger partial charge in [-0.25, -0.2) is 19.6 Å². The van der Waals surface area contributed by atoms with Crippen LogP contribution >= 0.6 is 0 Å². The third-order valence-corrected chi connectivity index (χ3v) is 5.51. The minimum atomic E-state index is -1.43. The van der Waals surface area contributed by atoms with Crippen LogP contribution in [0.4, 0.5) is 0 Å². The molecule has 0 unspecified atom stereocenters. The first kappa shape index (κ1) is 26.0. The zero-order chi connectivity index (χ0) is 26.3. The summed E-state index contributed by atoms with van der Waals surface area (Å²) in [5, 5.41) is 0. The van der Waals surface area contributed by atoms with Gasteiger partial charge in [0.1, 0.15) is 19.5 Å². The van der Waals surface area contributed by atoms with Crippen LogP contribution in [0.5, 0.6) is 0 Å². The largest absolute Gasteiger partial charge is 0.465 e. The first-order chi connectivity index (χ1) is 17.1. The van der Waals surface area contributed by atoms with Crippen LogP contribution in [0.25, 0.3) is 22.1 Å². The fourth-order valence-corrected chi connectivity index (χ4v) is 3.38. The lowest BCUT2D eigenvalue weighted by Crippen LogP contribution is -2.16. The number of hydrogen-bond donors (Lipinski definition) is 0. The summed E-state index contributed by atoms with van der Waals surface area (Å²) in [6.45, 7) is 6.54. The number of rotatable bonds is 2. The number of terminal acetylenes is 1. The molecule has 0 atom stereocenters. The van der Waals surface area contributed by atoms with Crippen LogP contribution in [-0.4, -0.2) is 54.2 Å². The molecule has 0 spiro atoms. The predicted octanol–water partition coefficient (Wildman–Crippen LogP) is 4.04. The van der Waals surface area contributed by atoms with Crippen molar-refractivity contribution in [2.75, 3.05) is 14.2 Å². The Morgan fingerprint density at radius 1 is 0.778 bits per heavy atom. The Balaban J connectivity index is 0.000000205. The number of nitrogens with zero attached hydrogens (tertiary/aromatic N) is 4. The number of esters is 2. The molecule has 0 bridgehead atoms. The van der Waals surface area contributed by atoms with Crippen molar-refractivity contribution >= 4 is 42.1 Å². The average Bonchev–Trinajstić information content (AvgIpc) is 2.89. The van der Waals surface area contributed by atoms with Crippen LogP contribution in [0.3, 0.4) is 0 Å². The van der Waals surface area contributed by atoms with E-state index >= 15 is 0 Å². The second kappa shape index (κ2) is 11.2. The molecule has 4 heterocycles. The number of carbonyl (C=O) groups excluding carboxylic acids is 2. The molecule has 9 heteroatoms. The van der Waals surface area contributed by atoms with E-state index in [9.17, 15) is 9.59 Å². The quantitative estimate of drug-likeness (QED) is 0.233. The van der Waals surface area contributed by atoms with Crippen LogP contribution in [0.2, 0.25) is 19.6 Å². The van der Waals surface area contributed by atoms with Crippen molar-refractivity contribution in [3.63, 3.8) is 0 Å². The highest BCUT2D eigenvalue weighted by Gasteiger charge is 2.10. The normalized spacial score (nSPS) is 10.3. The monoisotopic (exact) mass is 496 g/mol. The van der Waals surface area contributed by atoms with Gasteiger partial charge in [-0.2, -0.15) is 0 Å². The van der Waals surface area contributed by atoms with E-state index in [4.69, 9.17) is 6.42 Å². The molecule has 36 heavy (non-hydrogen) atoms. The van der Waals surface area contributed by atoms with Gasteiger partial charge in [-0.15, -0.1) is 12.0 Å². The first-order valence-corrected chi connectivity index (χ1v) is 14.3. The van der Waals surface area contributed by atoms with Crippen LogP contribution in [0.1, 0.15) is 32.1 Å². The van der Waals surface area contributed by atoms with Crippen LogP contribution in [0, 0.1) is 23.8 Å². The number of aromatic nitrogens is 4. The maximum Gasteiger partial charge on any atom is 0.339 e. The molecule has 180 valence electrons. The average molecular weight is 497 g/mol. The molecule has 0 aliphatic rings. The van der Waals surface area contributed by atoms with Gasteiger partial charge in [0.25, 0.3) is 0 Å². The second-order valence-electron chi connectivity index (χ2n) is 8.54. The number of pyridine rings is 4. The Morgan fingerprint density at radius 2 is 1.25 bits per heavy atom. The number of carbonyl (C=O) groups is 2. The zero-order valence-electron chi connectivity index (χ0n) is 20.6. The molecule has 4 rings (SSSR count). The predicted molar refractivity (Wildman–Crippen MR) is 140 cm³/mol. The Morgan fingerprint density at radius 3 is 1.69 bits per heavy atom. The Hall–Kier alpha value is -4.60. The third-order valence-electron chi connectivity index (χ3n) is 4.63. The summed E-state index contributed by atoms with van der Waals surface area (Å²) in [7, 11) is 1.23. The number of fused-ring (bicyclic) bond motifs is 2. The van der Waals surface area contributed by atoms with Gasteiger partial charge in [-0.1, -0.05) is 31.5 Å². The lowest BCUT2D eigenvalue weighted by atomic mass is 10.2. The maximum atomic E-state index is 11.5. The topological polar surface area (TPSA) is 104 Å². The fraction of sp³-hybridized carbons (Fsp3) is 0.185. The SMILES string of the molecule is C#Cc1ccc2ncc(C(=O)OC)cc2n1.COC(=O)c1cnc2ccc(C#C[Si](C)(C)C)nc2c1. The van der Waals surface area contributed by atoms with Gasteiger partial charge in [0, 0.05) is 12.4 Å². The molecule has 0 radical (unpaired) electrons. The minimum Gasteiger partial charge on any atom is -0.465 e. The van der Waals surface area contributed by atoms with Crippen LogP contribution < -0.4 is 0 Å².